The molecule has 0 bridgehead atoms. The van der Waals surface area contributed by atoms with E-state index in [4.69, 9.17) is 33.2 Å². The van der Waals surface area contributed by atoms with E-state index in [-0.39, 0.29) is 71.5 Å². The second-order valence-corrected chi connectivity index (χ2v) is 20.1. The minimum Gasteiger partial charge on any atom is -0.493 e. The van der Waals surface area contributed by atoms with Crippen molar-refractivity contribution in [3.63, 3.8) is 0 Å². The summed E-state index contributed by atoms with van der Waals surface area (Å²) >= 11 is 0. The number of imide groups is 1. The summed E-state index contributed by atoms with van der Waals surface area (Å²) in [6.45, 7) is 18.2. The predicted molar refractivity (Wildman–Crippen MR) is 288 cm³/mol. The van der Waals surface area contributed by atoms with Gasteiger partial charge in [0.2, 0.25) is 5.91 Å². The number of carbonyl (C=O) groups is 5. The van der Waals surface area contributed by atoms with Crippen LogP contribution in [0.1, 0.15) is 120 Å². The Bertz CT molecular complexity index is 2250. The van der Waals surface area contributed by atoms with Gasteiger partial charge in [-0.1, -0.05) is 110 Å². The Hall–Kier alpha value is -5.99. The van der Waals surface area contributed by atoms with Gasteiger partial charge < -0.3 is 38.3 Å². The maximum atomic E-state index is 13.6. The van der Waals surface area contributed by atoms with Crippen LogP contribution in [-0.2, 0) is 30.2 Å². The number of allylic oxidation sites excluding steroid dienone is 4. The van der Waals surface area contributed by atoms with E-state index in [2.05, 4.69) is 0 Å². The third kappa shape index (κ3) is 19.7. The van der Waals surface area contributed by atoms with E-state index in [0.717, 1.165) is 18.4 Å². The van der Waals surface area contributed by atoms with Gasteiger partial charge in [-0.25, -0.2) is 9.69 Å². The molecule has 2 amide bonds. The first-order chi connectivity index (χ1) is 35.4. The molecule has 1 aliphatic rings. The molecule has 1 heterocycles. The lowest BCUT2D eigenvalue weighted by Crippen LogP contribution is -2.44. The van der Waals surface area contributed by atoms with Crippen molar-refractivity contribution in [2.75, 3.05) is 61.5 Å². The number of ketones is 2. The van der Waals surface area contributed by atoms with E-state index in [1.807, 2.05) is 110 Å². The molecule has 3 aromatic rings. The van der Waals surface area contributed by atoms with Crippen molar-refractivity contribution in [1.82, 2.24) is 4.90 Å². The molecule has 2 unspecified atom stereocenters. The van der Waals surface area contributed by atoms with Gasteiger partial charge in [0.15, 0.2) is 34.6 Å². The molecule has 0 spiro atoms. The number of cyclic esters (lactones) is 1. The zero-order valence-corrected chi connectivity index (χ0v) is 46.1. The van der Waals surface area contributed by atoms with E-state index in [9.17, 15) is 29.1 Å². The predicted octanol–water partition coefficient (Wildman–Crippen LogP) is 12.0. The van der Waals surface area contributed by atoms with Gasteiger partial charge in [-0.15, -0.1) is 0 Å². The number of hydrogen-bond donors (Lipinski definition) is 1. The van der Waals surface area contributed by atoms with Crippen LogP contribution < -0.4 is 18.9 Å². The average Bonchev–Trinajstić information content (AvgIpc) is 3.74. The van der Waals surface area contributed by atoms with E-state index in [1.165, 1.54) is 4.90 Å². The summed E-state index contributed by atoms with van der Waals surface area (Å²) in [5, 5.41) is 9.32. The number of benzene rings is 3. The Kier molecular flexibility index (Phi) is 27.8. The number of hydrogen-bond acceptors (Lipinski definition) is 12. The van der Waals surface area contributed by atoms with Gasteiger partial charge in [0.25, 0.3) is 0 Å². The summed E-state index contributed by atoms with van der Waals surface area (Å²) in [6.07, 6.45) is 11.3. The Morgan fingerprint density at radius 3 is 1.39 bits per heavy atom. The molecule has 14 nitrogen and oxygen atoms in total. The van der Waals surface area contributed by atoms with Crippen LogP contribution in [0.4, 0.5) is 4.79 Å². The number of Topliss-reactive ketones (excluding diaryl/α,β-unsaturated/α-hetero) is 2. The minimum atomic E-state index is -0.785. The van der Waals surface area contributed by atoms with E-state index in [1.54, 1.807) is 64.8 Å². The molecule has 1 aliphatic heterocycles. The number of aliphatic carboxylic acids is 1. The molecule has 0 radical (unpaired) electrons. The van der Waals surface area contributed by atoms with Gasteiger partial charge in [-0.3, -0.25) is 19.2 Å². The van der Waals surface area contributed by atoms with Gasteiger partial charge in [-0.05, 0) is 97.7 Å². The first-order valence-electron chi connectivity index (χ1n) is 26.1. The van der Waals surface area contributed by atoms with Crippen molar-refractivity contribution in [3.8, 4) is 23.0 Å². The van der Waals surface area contributed by atoms with Gasteiger partial charge in [0, 0.05) is 69.2 Å². The van der Waals surface area contributed by atoms with E-state index in [0.29, 0.717) is 92.7 Å². The highest BCUT2D eigenvalue weighted by Gasteiger charge is 2.41. The molecule has 1 N–H and O–H groups in total. The molecule has 0 aromatic heterocycles. The molecule has 0 aliphatic carbocycles. The highest BCUT2D eigenvalue weighted by atomic mass is 16.6. The lowest BCUT2D eigenvalue weighted by atomic mass is 9.84. The number of nitrogens with zero attached hydrogens (tertiary/aromatic N) is 1. The lowest BCUT2D eigenvalue weighted by molar-refractivity contribution is -0.143. The van der Waals surface area contributed by atoms with Crippen LogP contribution in [0.2, 0.25) is 0 Å². The Morgan fingerprint density at radius 2 is 1.00 bits per heavy atom. The van der Waals surface area contributed by atoms with Crippen LogP contribution in [0.15, 0.2) is 91.0 Å². The number of ether oxygens (including phenoxy) is 7. The smallest absolute Gasteiger partial charge is 0.416 e. The van der Waals surface area contributed by atoms with Crippen molar-refractivity contribution in [1.29, 1.82) is 0 Å². The van der Waals surface area contributed by atoms with Crippen LogP contribution in [0.25, 0.3) is 0 Å². The zero-order valence-electron chi connectivity index (χ0n) is 46.1. The van der Waals surface area contributed by atoms with Gasteiger partial charge in [0.1, 0.15) is 6.61 Å². The number of carbonyl (C=O) groups excluding carboxylic acids is 4. The quantitative estimate of drug-likeness (QED) is 0.0356. The second kappa shape index (κ2) is 33.0. The first kappa shape index (κ1) is 62.3. The van der Waals surface area contributed by atoms with Gasteiger partial charge in [0.05, 0.1) is 39.4 Å². The van der Waals surface area contributed by atoms with Crippen LogP contribution in [0.3, 0.4) is 0 Å². The van der Waals surface area contributed by atoms with Gasteiger partial charge >= 0.3 is 12.1 Å². The fourth-order valence-electron chi connectivity index (χ4n) is 8.68. The van der Waals surface area contributed by atoms with Gasteiger partial charge in [-0.2, -0.15) is 0 Å². The Morgan fingerprint density at radius 1 is 0.581 bits per heavy atom. The summed E-state index contributed by atoms with van der Waals surface area (Å²) in [5.41, 5.74) is 2.21. The molecule has 408 valence electrons. The third-order valence-corrected chi connectivity index (χ3v) is 13.3. The van der Waals surface area contributed by atoms with Crippen molar-refractivity contribution in [2.45, 2.75) is 106 Å². The molecule has 0 saturated carbocycles. The fraction of sp³-hybridized carbons (Fsp3) is 0.550. The highest BCUT2D eigenvalue weighted by molar-refractivity contribution is 5.99. The number of rotatable bonds is 32. The number of amides is 2. The number of carboxylic acids is 1. The molecule has 74 heavy (non-hydrogen) atoms. The molecule has 4 rings (SSSR count). The maximum Gasteiger partial charge on any atom is 0.416 e. The monoisotopic (exact) mass is 1030 g/mol. The molecular weight excluding hydrogens is 943 g/mol. The molecule has 1 fully saturated rings. The normalized spacial score (nSPS) is 15.3. The lowest BCUT2D eigenvalue weighted by Gasteiger charge is -2.26. The Balaban J connectivity index is 0.000000413. The third-order valence-electron chi connectivity index (χ3n) is 13.3. The molecule has 5 atom stereocenters. The topological polar surface area (TPSA) is 173 Å². The summed E-state index contributed by atoms with van der Waals surface area (Å²) in [7, 11) is 6.44. The summed E-state index contributed by atoms with van der Waals surface area (Å²) < 4.78 is 37.9. The summed E-state index contributed by atoms with van der Waals surface area (Å²) in [4.78, 5) is 65.7. The van der Waals surface area contributed by atoms with Crippen molar-refractivity contribution in [2.24, 2.45) is 47.3 Å². The Labute approximate surface area is 441 Å². The van der Waals surface area contributed by atoms with Crippen LogP contribution in [0.5, 0.6) is 23.0 Å². The van der Waals surface area contributed by atoms with Crippen molar-refractivity contribution >= 4 is 29.5 Å². The van der Waals surface area contributed by atoms with Crippen LogP contribution in [-0.4, -0.2) is 107 Å². The van der Waals surface area contributed by atoms with Crippen LogP contribution in [0, 0.1) is 47.3 Å². The molecule has 1 saturated heterocycles. The fourth-order valence-corrected chi connectivity index (χ4v) is 8.68. The summed E-state index contributed by atoms with van der Waals surface area (Å²) in [6, 6.07) is 20.0. The van der Waals surface area contributed by atoms with E-state index >= 15 is 0 Å². The average molecular weight is 1030 g/mol. The molecule has 3 aromatic carbocycles. The first-order valence-corrected chi connectivity index (χ1v) is 26.1. The minimum absolute atomic E-state index is 0.0204. The van der Waals surface area contributed by atoms with Crippen molar-refractivity contribution < 1.29 is 62.2 Å². The van der Waals surface area contributed by atoms with Crippen LogP contribution >= 0.6 is 0 Å². The molecule has 14 heteroatoms. The van der Waals surface area contributed by atoms with E-state index < -0.39 is 18.0 Å². The second-order valence-electron chi connectivity index (χ2n) is 20.1. The SMILES string of the molecule is COCCCOc1cc(C(=O)C(C/C=C/C[C@H](C(=O)N2C(=O)OC[C@@H]2Cc2ccccc2)C(C)C)C(C)C)ccc1OC.COCCCOc1cc(C(=O)C(C/C=C/C[C@H](C(=O)O)C(C)C)C(C)C)ccc1OC. The maximum absolute atomic E-state index is 13.6. The molecular formula is C60H85NO13. The number of methoxy groups -OCH3 is 4. The summed E-state index contributed by atoms with van der Waals surface area (Å²) in [5.74, 6) is 0.407. The standard InChI is InChI=1S/C35H47NO7.C25H38O6/c1-24(2)29(33(37)27-17-18-31(41-6)32(22-27)42-20-12-19-40-5)15-10-11-16-30(25(3)4)34(38)36-28(23-43-35(36)39)21-26-13-8-7-9-14-26;1-17(2)20(10-7-8-11-21(18(3)4)25(27)28)24(26)19-12-13-22(30-6)23(16-19)31-15-9-14-29-5/h7-11,13-14,17-18,22,24-25,28-30H,12,15-16,19-21,23H2,1-6H3;7-8,12-13,16-18,20-21H,9-11,14-15H2,1-6H3,(H,27,28)/b11-10+;8-7+/t28-,29?,30-;20?,21-/m00/s1. The van der Waals surface area contributed by atoms with Crippen molar-refractivity contribution in [3.05, 3.63) is 108 Å². The number of carboxylic acid groups (broad SMARTS) is 1. The largest absolute Gasteiger partial charge is 0.493 e. The zero-order chi connectivity index (χ0) is 54.7. The highest BCUT2D eigenvalue weighted by Crippen LogP contribution is 2.33.